The van der Waals surface area contributed by atoms with Gasteiger partial charge in [-0.1, -0.05) is 35.3 Å². The molecule has 1 aromatic heterocycles. The van der Waals surface area contributed by atoms with Crippen molar-refractivity contribution < 1.29 is 19.4 Å². The van der Waals surface area contributed by atoms with Crippen molar-refractivity contribution >= 4 is 52.0 Å². The molecule has 1 atom stereocenters. The van der Waals surface area contributed by atoms with Gasteiger partial charge < -0.3 is 14.7 Å². The summed E-state index contributed by atoms with van der Waals surface area (Å²) in [7, 11) is 1.47. The Morgan fingerprint density at radius 2 is 1.85 bits per heavy atom. The Kier molecular flexibility index (Phi) is 6.79. The van der Waals surface area contributed by atoms with E-state index >= 15 is 0 Å². The molecule has 2 heterocycles. The summed E-state index contributed by atoms with van der Waals surface area (Å²) in [5, 5.41) is 14.1. The van der Waals surface area contributed by atoms with Crippen LogP contribution in [0.3, 0.4) is 0 Å². The summed E-state index contributed by atoms with van der Waals surface area (Å²) in [4.78, 5) is 28.6. The van der Waals surface area contributed by atoms with Gasteiger partial charge >= 0.3 is 0 Å². The lowest BCUT2D eigenvalue weighted by molar-refractivity contribution is -0.139. The highest BCUT2D eigenvalue weighted by atomic mass is 35.5. The number of aliphatic hydroxyl groups excluding tert-OH is 1. The smallest absolute Gasteiger partial charge is 0.295 e. The summed E-state index contributed by atoms with van der Waals surface area (Å²) in [5.74, 6) is -1.24. The molecule has 3 aromatic rings. The van der Waals surface area contributed by atoms with Crippen LogP contribution in [0.25, 0.3) is 5.76 Å². The molecule has 1 N–H and O–H groups in total. The van der Waals surface area contributed by atoms with Crippen molar-refractivity contribution in [2.24, 2.45) is 0 Å². The number of ketones is 1. The predicted molar refractivity (Wildman–Crippen MR) is 131 cm³/mol. The van der Waals surface area contributed by atoms with Gasteiger partial charge in [0, 0.05) is 22.0 Å². The Hall–Kier alpha value is -2.80. The maximum absolute atomic E-state index is 13.1. The monoisotopic (exact) mass is 501 g/mol. The van der Waals surface area contributed by atoms with E-state index in [9.17, 15) is 14.7 Å². The van der Waals surface area contributed by atoms with E-state index in [2.05, 4.69) is 0 Å². The second-order valence-electron chi connectivity index (χ2n) is 7.69. The van der Waals surface area contributed by atoms with Gasteiger partial charge in [0.1, 0.15) is 11.5 Å². The number of carbonyl (C=O) groups is 2. The van der Waals surface area contributed by atoms with Gasteiger partial charge in [0.25, 0.3) is 11.7 Å². The SMILES string of the molecule is COc1cc(/C(O)=C2/C(=O)C(=O)N(CCc3ccc(Cl)cc3)C2c2sccc2C)ccc1Cl. The van der Waals surface area contributed by atoms with Crippen LogP contribution >= 0.6 is 34.5 Å². The number of benzene rings is 2. The van der Waals surface area contributed by atoms with Crippen LogP contribution in [0.5, 0.6) is 5.75 Å². The minimum Gasteiger partial charge on any atom is -0.507 e. The number of aryl methyl sites for hydroxylation is 1. The highest BCUT2D eigenvalue weighted by Gasteiger charge is 2.46. The van der Waals surface area contributed by atoms with Crippen molar-refractivity contribution in [3.8, 4) is 5.75 Å². The summed E-state index contributed by atoms with van der Waals surface area (Å²) in [5.41, 5.74) is 2.35. The van der Waals surface area contributed by atoms with E-state index in [0.717, 1.165) is 16.0 Å². The first kappa shape index (κ1) is 23.4. The molecule has 1 fully saturated rings. The third kappa shape index (κ3) is 4.51. The third-order valence-electron chi connectivity index (χ3n) is 5.67. The van der Waals surface area contributed by atoms with E-state index in [1.54, 1.807) is 30.3 Å². The molecule has 0 bridgehead atoms. The fourth-order valence-corrected chi connectivity index (χ4v) is 5.28. The molecule has 1 aliphatic heterocycles. The van der Waals surface area contributed by atoms with E-state index in [1.165, 1.54) is 23.3 Å². The van der Waals surface area contributed by atoms with E-state index in [0.29, 0.717) is 34.3 Å². The predicted octanol–water partition coefficient (Wildman–Crippen LogP) is 6.04. The molecule has 33 heavy (non-hydrogen) atoms. The maximum Gasteiger partial charge on any atom is 0.295 e. The molecular weight excluding hydrogens is 481 g/mol. The number of thiophene rings is 1. The number of likely N-dealkylation sites (tertiary alicyclic amines) is 1. The van der Waals surface area contributed by atoms with Crippen molar-refractivity contribution in [2.45, 2.75) is 19.4 Å². The number of Topliss-reactive ketones (excluding diaryl/α,β-unsaturated/α-hetero) is 1. The molecule has 0 saturated carbocycles. The summed E-state index contributed by atoms with van der Waals surface area (Å²) in [6.07, 6.45) is 0.542. The zero-order chi connectivity index (χ0) is 23.7. The summed E-state index contributed by atoms with van der Waals surface area (Å²) in [6.45, 7) is 2.24. The lowest BCUT2D eigenvalue weighted by Gasteiger charge is -2.25. The number of hydrogen-bond donors (Lipinski definition) is 1. The van der Waals surface area contributed by atoms with Crippen LogP contribution in [-0.2, 0) is 16.0 Å². The lowest BCUT2D eigenvalue weighted by Crippen LogP contribution is -2.31. The quantitative estimate of drug-likeness (QED) is 0.254. The first-order valence-electron chi connectivity index (χ1n) is 10.2. The number of aliphatic hydroxyl groups is 1. The van der Waals surface area contributed by atoms with Gasteiger partial charge in [-0.2, -0.15) is 0 Å². The van der Waals surface area contributed by atoms with Gasteiger partial charge in [0.15, 0.2) is 0 Å². The van der Waals surface area contributed by atoms with Crippen LogP contribution in [0.15, 0.2) is 59.5 Å². The van der Waals surface area contributed by atoms with Crippen molar-refractivity contribution in [2.75, 3.05) is 13.7 Å². The molecule has 0 aliphatic carbocycles. The summed E-state index contributed by atoms with van der Waals surface area (Å²) in [6, 6.07) is 13.4. The second kappa shape index (κ2) is 9.59. The normalized spacial score (nSPS) is 17.6. The van der Waals surface area contributed by atoms with Crippen LogP contribution in [0.1, 0.15) is 27.6 Å². The van der Waals surface area contributed by atoms with Crippen molar-refractivity contribution in [1.82, 2.24) is 4.90 Å². The van der Waals surface area contributed by atoms with Gasteiger partial charge in [0.2, 0.25) is 0 Å². The summed E-state index contributed by atoms with van der Waals surface area (Å²) < 4.78 is 5.25. The fourth-order valence-electron chi connectivity index (χ4n) is 3.91. The van der Waals surface area contributed by atoms with Crippen molar-refractivity contribution in [3.63, 3.8) is 0 Å². The van der Waals surface area contributed by atoms with Gasteiger partial charge in [0.05, 0.1) is 23.7 Å². The number of methoxy groups -OCH3 is 1. The fraction of sp³-hybridized carbons (Fsp3) is 0.200. The molecule has 1 amide bonds. The number of rotatable bonds is 6. The maximum atomic E-state index is 13.1. The molecule has 0 spiro atoms. The van der Waals surface area contributed by atoms with Gasteiger partial charge in [-0.05, 0) is 66.2 Å². The third-order valence-corrected chi connectivity index (χ3v) is 7.30. The molecule has 2 aromatic carbocycles. The largest absolute Gasteiger partial charge is 0.507 e. The average molecular weight is 502 g/mol. The van der Waals surface area contributed by atoms with E-state index < -0.39 is 17.7 Å². The Morgan fingerprint density at radius 1 is 1.12 bits per heavy atom. The molecule has 1 saturated heterocycles. The van der Waals surface area contributed by atoms with E-state index in [-0.39, 0.29) is 11.3 Å². The number of amides is 1. The Morgan fingerprint density at radius 3 is 2.48 bits per heavy atom. The van der Waals surface area contributed by atoms with Crippen LogP contribution in [0, 0.1) is 6.92 Å². The van der Waals surface area contributed by atoms with Crippen LogP contribution in [-0.4, -0.2) is 35.4 Å². The van der Waals surface area contributed by atoms with E-state index in [4.69, 9.17) is 27.9 Å². The first-order chi connectivity index (χ1) is 15.8. The average Bonchev–Trinajstić information content (AvgIpc) is 3.33. The van der Waals surface area contributed by atoms with Crippen LogP contribution in [0.2, 0.25) is 10.0 Å². The van der Waals surface area contributed by atoms with Crippen molar-refractivity contribution in [1.29, 1.82) is 0 Å². The number of carbonyl (C=O) groups excluding carboxylic acids is 2. The zero-order valence-electron chi connectivity index (χ0n) is 18.0. The minimum atomic E-state index is -0.713. The molecule has 170 valence electrons. The second-order valence-corrected chi connectivity index (χ2v) is 9.48. The van der Waals surface area contributed by atoms with Gasteiger partial charge in [-0.15, -0.1) is 11.3 Å². The van der Waals surface area contributed by atoms with Gasteiger partial charge in [-0.3, -0.25) is 9.59 Å². The molecule has 1 unspecified atom stereocenters. The standard InChI is InChI=1S/C25H21Cl2NO4S/c1-14-10-12-33-24(14)21-20(22(29)16-5-8-18(27)19(13-16)32-2)23(30)25(31)28(21)11-9-15-3-6-17(26)7-4-15/h3-8,10,12-13,21,29H,9,11H2,1-2H3/b22-20-. The number of hydrogen-bond acceptors (Lipinski definition) is 5. The van der Waals surface area contributed by atoms with Crippen LogP contribution < -0.4 is 4.74 Å². The highest BCUT2D eigenvalue weighted by molar-refractivity contribution is 7.10. The highest BCUT2D eigenvalue weighted by Crippen LogP contribution is 2.43. The van der Waals surface area contributed by atoms with E-state index in [1.807, 2.05) is 30.5 Å². The molecule has 1 aliphatic rings. The number of halogens is 2. The lowest BCUT2D eigenvalue weighted by atomic mass is 9.98. The number of nitrogens with zero attached hydrogens (tertiary/aromatic N) is 1. The topological polar surface area (TPSA) is 66.8 Å². The Labute approximate surface area is 205 Å². The molecule has 5 nitrogen and oxygen atoms in total. The molecule has 0 radical (unpaired) electrons. The van der Waals surface area contributed by atoms with Crippen LogP contribution in [0.4, 0.5) is 0 Å². The van der Waals surface area contributed by atoms with Crippen molar-refractivity contribution in [3.05, 3.63) is 91.1 Å². The molecule has 8 heteroatoms. The number of ether oxygens (including phenoxy) is 1. The Bertz CT molecular complexity index is 1250. The zero-order valence-corrected chi connectivity index (χ0v) is 20.3. The molecular formula is C25H21Cl2NO4S. The molecule has 4 rings (SSSR count). The van der Waals surface area contributed by atoms with Gasteiger partial charge in [-0.25, -0.2) is 0 Å². The minimum absolute atomic E-state index is 0.0611. The summed E-state index contributed by atoms with van der Waals surface area (Å²) >= 11 is 13.5. The Balaban J connectivity index is 1.78. The first-order valence-corrected chi connectivity index (χ1v) is 11.9.